The molecule has 1 unspecified atom stereocenters. The van der Waals surface area contributed by atoms with Crippen molar-refractivity contribution in [3.63, 3.8) is 0 Å². The average molecular weight is 188 g/mol. The lowest BCUT2D eigenvalue weighted by atomic mass is 10.3. The van der Waals surface area contributed by atoms with Gasteiger partial charge in [0, 0.05) is 29.8 Å². The molecule has 0 aromatic heterocycles. The van der Waals surface area contributed by atoms with Gasteiger partial charge in [0.15, 0.2) is 0 Å². The van der Waals surface area contributed by atoms with Gasteiger partial charge < -0.3 is 4.90 Å². The Kier molecular flexibility index (Phi) is 7.05. The number of nitrogens with zero attached hydrogens (tertiary/aromatic N) is 4. The summed E-state index contributed by atoms with van der Waals surface area (Å²) in [6.07, 6.45) is 2.10. The van der Waals surface area contributed by atoms with Gasteiger partial charge in [0.1, 0.15) is 0 Å². The van der Waals surface area contributed by atoms with Crippen molar-refractivity contribution >= 4 is 11.8 Å². The van der Waals surface area contributed by atoms with Gasteiger partial charge in [0.2, 0.25) is 0 Å². The predicted molar refractivity (Wildman–Crippen MR) is 54.5 cm³/mol. The molecule has 5 heteroatoms. The van der Waals surface area contributed by atoms with Gasteiger partial charge >= 0.3 is 0 Å². The quantitative estimate of drug-likeness (QED) is 0.363. The third-order valence-corrected chi connectivity index (χ3v) is 2.59. The topological polar surface area (TPSA) is 52.0 Å². The van der Waals surface area contributed by atoms with E-state index >= 15 is 0 Å². The van der Waals surface area contributed by atoms with Crippen LogP contribution in [0.4, 0.5) is 0 Å². The van der Waals surface area contributed by atoms with Crippen molar-refractivity contribution in [3.05, 3.63) is 10.4 Å². The van der Waals surface area contributed by atoms with Crippen LogP contribution in [-0.4, -0.2) is 43.1 Å². The van der Waals surface area contributed by atoms with E-state index in [1.165, 1.54) is 0 Å². The molecule has 70 valence electrons. The Hall–Kier alpha value is -0.380. The van der Waals surface area contributed by atoms with Crippen molar-refractivity contribution < 1.29 is 0 Å². The fourth-order valence-electron chi connectivity index (χ4n) is 0.836. The highest BCUT2D eigenvalue weighted by Gasteiger charge is 2.06. The van der Waals surface area contributed by atoms with Crippen molar-refractivity contribution in [2.45, 2.75) is 13.0 Å². The van der Waals surface area contributed by atoms with E-state index in [-0.39, 0.29) is 0 Å². The summed E-state index contributed by atoms with van der Waals surface area (Å²) in [4.78, 5) is 4.91. The summed E-state index contributed by atoms with van der Waals surface area (Å²) in [5.74, 6) is 1.12. The van der Waals surface area contributed by atoms with Crippen LogP contribution in [0, 0.1) is 0 Å². The van der Waals surface area contributed by atoms with Crippen molar-refractivity contribution in [2.75, 3.05) is 32.1 Å². The Balaban J connectivity index is 3.55. The maximum absolute atomic E-state index is 8.06. The molecule has 4 nitrogen and oxygen atoms in total. The monoisotopic (exact) mass is 188 g/mol. The molecule has 0 fully saturated rings. The van der Waals surface area contributed by atoms with Crippen molar-refractivity contribution in [1.29, 1.82) is 0 Å². The maximum atomic E-state index is 8.06. The summed E-state index contributed by atoms with van der Waals surface area (Å²) in [6, 6.07) is 0.550. The molecule has 0 bridgehead atoms. The highest BCUT2D eigenvalue weighted by atomic mass is 32.2. The largest absolute Gasteiger partial charge is 0.303 e. The van der Waals surface area contributed by atoms with Gasteiger partial charge in [0.25, 0.3) is 0 Å². The van der Waals surface area contributed by atoms with Gasteiger partial charge in [0.05, 0.1) is 0 Å². The lowest BCUT2D eigenvalue weighted by Gasteiger charge is -2.22. The van der Waals surface area contributed by atoms with Crippen LogP contribution in [-0.2, 0) is 0 Å². The summed E-state index contributed by atoms with van der Waals surface area (Å²) < 4.78 is 0. The molecule has 0 saturated heterocycles. The Morgan fingerprint density at radius 2 is 2.33 bits per heavy atom. The first-order valence-electron chi connectivity index (χ1n) is 3.92. The molecule has 0 aliphatic rings. The number of likely N-dealkylation sites (N-methyl/N-ethyl adjacent to an activating group) is 1. The van der Waals surface area contributed by atoms with Gasteiger partial charge in [-0.1, -0.05) is 5.11 Å². The number of azide groups is 1. The summed E-state index contributed by atoms with van der Waals surface area (Å²) in [5.41, 5.74) is 8.06. The summed E-state index contributed by atoms with van der Waals surface area (Å²) in [5, 5.41) is 3.49. The van der Waals surface area contributed by atoms with E-state index in [1.807, 2.05) is 18.8 Å². The maximum Gasteiger partial charge on any atom is 0.0385 e. The standard InChI is InChI=1S/C7H16N4S/c1-7(6-12-3)11(2)5-4-9-10-8/h7H,4-6H2,1-3H3. The van der Waals surface area contributed by atoms with E-state index in [0.29, 0.717) is 12.6 Å². The first-order valence-corrected chi connectivity index (χ1v) is 5.31. The van der Waals surface area contributed by atoms with E-state index in [2.05, 4.69) is 28.1 Å². The zero-order valence-corrected chi connectivity index (χ0v) is 8.71. The fraction of sp³-hybridized carbons (Fsp3) is 1.00. The van der Waals surface area contributed by atoms with Crippen molar-refractivity contribution in [3.8, 4) is 0 Å². The highest BCUT2D eigenvalue weighted by Crippen LogP contribution is 2.02. The second-order valence-electron chi connectivity index (χ2n) is 2.74. The minimum absolute atomic E-state index is 0.550. The summed E-state index contributed by atoms with van der Waals surface area (Å²) in [7, 11) is 2.05. The second kappa shape index (κ2) is 7.28. The van der Waals surface area contributed by atoms with Gasteiger partial charge in [-0.25, -0.2) is 0 Å². The van der Waals surface area contributed by atoms with Crippen LogP contribution in [0.25, 0.3) is 10.4 Å². The molecule has 0 rings (SSSR count). The Morgan fingerprint density at radius 1 is 1.67 bits per heavy atom. The number of thioether (sulfide) groups is 1. The average Bonchev–Trinajstić information content (AvgIpc) is 2.05. The van der Waals surface area contributed by atoms with Crippen molar-refractivity contribution in [1.82, 2.24) is 4.90 Å². The fourth-order valence-corrected chi connectivity index (χ4v) is 1.57. The van der Waals surface area contributed by atoms with Gasteiger partial charge in [-0.3, -0.25) is 0 Å². The molecule has 0 aliphatic carbocycles. The molecule has 0 amide bonds. The third kappa shape index (κ3) is 5.29. The van der Waals surface area contributed by atoms with Gasteiger partial charge in [-0.05, 0) is 25.8 Å². The Bertz CT molecular complexity index is 155. The molecular formula is C7H16N4S. The van der Waals surface area contributed by atoms with E-state index < -0.39 is 0 Å². The van der Waals surface area contributed by atoms with Crippen LogP contribution >= 0.6 is 11.8 Å². The number of hydrogen-bond acceptors (Lipinski definition) is 3. The molecule has 0 aliphatic heterocycles. The minimum Gasteiger partial charge on any atom is -0.303 e. The first kappa shape index (κ1) is 11.6. The SMILES string of the molecule is CSCC(C)N(C)CCN=[N+]=[N-]. The highest BCUT2D eigenvalue weighted by molar-refractivity contribution is 7.98. The molecular weight excluding hydrogens is 172 g/mol. The molecule has 12 heavy (non-hydrogen) atoms. The molecule has 0 heterocycles. The van der Waals surface area contributed by atoms with Gasteiger partial charge in [-0.15, -0.1) is 0 Å². The van der Waals surface area contributed by atoms with E-state index in [1.54, 1.807) is 0 Å². The smallest absolute Gasteiger partial charge is 0.0385 e. The molecule has 0 radical (unpaired) electrons. The van der Waals surface area contributed by atoms with Crippen LogP contribution < -0.4 is 0 Å². The van der Waals surface area contributed by atoms with Crippen LogP contribution in [0.1, 0.15) is 6.92 Å². The molecule has 0 aromatic rings. The van der Waals surface area contributed by atoms with Crippen LogP contribution in [0.15, 0.2) is 5.11 Å². The minimum atomic E-state index is 0.550. The number of rotatable bonds is 6. The molecule has 1 atom stereocenters. The third-order valence-electron chi connectivity index (χ3n) is 1.78. The van der Waals surface area contributed by atoms with Gasteiger partial charge in [-0.2, -0.15) is 11.8 Å². The Morgan fingerprint density at radius 3 is 2.83 bits per heavy atom. The van der Waals surface area contributed by atoms with Crippen LogP contribution in [0.5, 0.6) is 0 Å². The van der Waals surface area contributed by atoms with Crippen LogP contribution in [0.2, 0.25) is 0 Å². The van der Waals surface area contributed by atoms with E-state index in [0.717, 1.165) is 12.3 Å². The zero-order chi connectivity index (χ0) is 9.40. The van der Waals surface area contributed by atoms with Crippen LogP contribution in [0.3, 0.4) is 0 Å². The predicted octanol–water partition coefficient (Wildman–Crippen LogP) is 1.98. The lowest BCUT2D eigenvalue weighted by molar-refractivity contribution is 0.286. The Labute approximate surface area is 77.9 Å². The van der Waals surface area contributed by atoms with E-state index in [4.69, 9.17) is 5.53 Å². The first-order chi connectivity index (χ1) is 5.72. The molecule has 0 spiro atoms. The second-order valence-corrected chi connectivity index (χ2v) is 3.65. The van der Waals surface area contributed by atoms with E-state index in [9.17, 15) is 0 Å². The zero-order valence-electron chi connectivity index (χ0n) is 7.90. The molecule has 0 saturated carbocycles. The van der Waals surface area contributed by atoms with Crippen molar-refractivity contribution in [2.24, 2.45) is 5.11 Å². The molecule has 0 aromatic carbocycles. The molecule has 0 N–H and O–H groups in total. The summed E-state index contributed by atoms with van der Waals surface area (Å²) >= 11 is 1.83. The summed E-state index contributed by atoms with van der Waals surface area (Å²) in [6.45, 7) is 3.57. The lowest BCUT2D eigenvalue weighted by Crippen LogP contribution is -2.32. The number of hydrogen-bond donors (Lipinski definition) is 0. The normalized spacial score (nSPS) is 12.7.